The normalized spacial score (nSPS) is 18.4. The summed E-state index contributed by atoms with van der Waals surface area (Å²) in [7, 11) is 1.40. The molecule has 0 saturated carbocycles. The second-order valence-electron chi connectivity index (χ2n) is 5.81. The van der Waals surface area contributed by atoms with E-state index >= 15 is 0 Å². The van der Waals surface area contributed by atoms with Gasteiger partial charge in [-0.3, -0.25) is 4.79 Å². The quantitative estimate of drug-likeness (QED) is 0.638. The van der Waals surface area contributed by atoms with Crippen LogP contribution >= 0.6 is 0 Å². The van der Waals surface area contributed by atoms with Crippen molar-refractivity contribution >= 4 is 18.9 Å². The zero-order valence-electron chi connectivity index (χ0n) is 14.0. The molecule has 0 aliphatic carbocycles. The first-order chi connectivity index (χ1) is 11.9. The van der Waals surface area contributed by atoms with Gasteiger partial charge >= 0.3 is 13.5 Å². The summed E-state index contributed by atoms with van der Waals surface area (Å²) in [6, 6.07) is 9.90. The van der Waals surface area contributed by atoms with Gasteiger partial charge < -0.3 is 24.3 Å². The number of carbonyl (C=O) groups is 1. The second-order valence-corrected chi connectivity index (χ2v) is 5.81. The molecule has 3 rings (SSSR count). The van der Waals surface area contributed by atoms with E-state index in [1.54, 1.807) is 44.2 Å². The number of aromatic hydroxyl groups is 1. The molecule has 7 heteroatoms. The summed E-state index contributed by atoms with van der Waals surface area (Å²) < 4.78 is 16.0. The minimum atomic E-state index is -1.74. The summed E-state index contributed by atoms with van der Waals surface area (Å²) in [5.41, 5.74) is 1.86. The number of hydrogen-bond donors (Lipinski definition) is 2. The van der Waals surface area contributed by atoms with Gasteiger partial charge in [0.2, 0.25) is 0 Å². The van der Waals surface area contributed by atoms with Gasteiger partial charge in [-0.25, -0.2) is 0 Å². The fourth-order valence-corrected chi connectivity index (χ4v) is 2.91. The molecule has 0 spiro atoms. The maximum absolute atomic E-state index is 11.7. The van der Waals surface area contributed by atoms with Crippen molar-refractivity contribution in [1.82, 2.24) is 0 Å². The summed E-state index contributed by atoms with van der Waals surface area (Å²) in [6.45, 7) is 3.74. The van der Waals surface area contributed by atoms with E-state index in [1.807, 2.05) is 0 Å². The highest BCUT2D eigenvalue weighted by Crippen LogP contribution is 2.35. The van der Waals surface area contributed by atoms with Crippen LogP contribution in [0.25, 0.3) is 0 Å². The minimum Gasteiger partial charge on any atom is -0.508 e. The maximum atomic E-state index is 11.7. The lowest BCUT2D eigenvalue weighted by Crippen LogP contribution is -2.31. The molecular formula is C18H18BO6. The lowest BCUT2D eigenvalue weighted by Gasteiger charge is -2.25. The van der Waals surface area contributed by atoms with Crippen molar-refractivity contribution in [2.75, 3.05) is 6.61 Å². The Morgan fingerprint density at radius 3 is 2.80 bits per heavy atom. The van der Waals surface area contributed by atoms with Crippen LogP contribution in [0.4, 0.5) is 0 Å². The molecule has 0 bridgehead atoms. The highest BCUT2D eigenvalue weighted by Gasteiger charge is 2.42. The summed E-state index contributed by atoms with van der Waals surface area (Å²) in [4.78, 5) is 11.7. The van der Waals surface area contributed by atoms with Crippen molar-refractivity contribution in [2.24, 2.45) is 0 Å². The van der Waals surface area contributed by atoms with Gasteiger partial charge in [-0.05, 0) is 49.1 Å². The maximum Gasteiger partial charge on any atom is 0.334 e. The SMILES string of the molecule is CCOC(=O)CC1(O)O[B]c2cc(Oc3cccc(O)c3)cc(C)c21. The molecule has 1 aliphatic rings. The number of benzene rings is 2. The minimum absolute atomic E-state index is 0.106. The molecular weight excluding hydrogens is 323 g/mol. The van der Waals surface area contributed by atoms with E-state index in [1.165, 1.54) is 13.5 Å². The summed E-state index contributed by atoms with van der Waals surface area (Å²) in [5, 5.41) is 20.2. The van der Waals surface area contributed by atoms with Crippen LogP contribution in [-0.4, -0.2) is 30.3 Å². The van der Waals surface area contributed by atoms with Crippen LogP contribution in [-0.2, 0) is 20.0 Å². The number of esters is 1. The molecule has 1 heterocycles. The highest BCUT2D eigenvalue weighted by atomic mass is 16.6. The Morgan fingerprint density at radius 2 is 2.08 bits per heavy atom. The van der Waals surface area contributed by atoms with Crippen molar-refractivity contribution in [3.63, 3.8) is 0 Å². The fraction of sp³-hybridized carbons (Fsp3) is 0.278. The Hall–Kier alpha value is -2.51. The average molecular weight is 341 g/mol. The van der Waals surface area contributed by atoms with Crippen molar-refractivity contribution in [2.45, 2.75) is 26.1 Å². The smallest absolute Gasteiger partial charge is 0.334 e. The molecule has 129 valence electrons. The van der Waals surface area contributed by atoms with Gasteiger partial charge in [0, 0.05) is 11.6 Å². The van der Waals surface area contributed by atoms with E-state index in [2.05, 4.69) is 0 Å². The largest absolute Gasteiger partial charge is 0.508 e. The molecule has 0 amide bonds. The Kier molecular flexibility index (Phi) is 4.70. The Bertz CT molecular complexity index is 806. The standard InChI is InChI=1S/C18H18BO6/c1-3-23-16(21)10-18(22)17-11(2)7-14(9-15(17)19-25-18)24-13-6-4-5-12(20)8-13/h4-9,20,22H,3,10H2,1-2H3. The molecule has 1 unspecified atom stereocenters. The van der Waals surface area contributed by atoms with Crippen LogP contribution in [0.15, 0.2) is 36.4 Å². The zero-order chi connectivity index (χ0) is 18.0. The molecule has 1 atom stereocenters. The van der Waals surface area contributed by atoms with Crippen molar-refractivity contribution in [1.29, 1.82) is 0 Å². The fourth-order valence-electron chi connectivity index (χ4n) is 2.91. The lowest BCUT2D eigenvalue weighted by atomic mass is 9.83. The van der Waals surface area contributed by atoms with E-state index in [-0.39, 0.29) is 18.8 Å². The molecule has 0 fully saturated rings. The number of phenols is 1. The van der Waals surface area contributed by atoms with Crippen LogP contribution in [0.3, 0.4) is 0 Å². The van der Waals surface area contributed by atoms with Crippen LogP contribution in [0.1, 0.15) is 24.5 Å². The third kappa shape index (κ3) is 3.62. The summed E-state index contributed by atoms with van der Waals surface area (Å²) in [6.07, 6.45) is -0.294. The summed E-state index contributed by atoms with van der Waals surface area (Å²) in [5.74, 6) is -1.16. The Labute approximate surface area is 146 Å². The Balaban J connectivity index is 1.87. The number of aliphatic hydroxyl groups is 1. The van der Waals surface area contributed by atoms with E-state index in [0.717, 1.165) is 0 Å². The molecule has 1 radical (unpaired) electrons. The topological polar surface area (TPSA) is 85.2 Å². The van der Waals surface area contributed by atoms with E-state index in [0.29, 0.717) is 28.1 Å². The highest BCUT2D eigenvalue weighted by molar-refractivity contribution is 6.49. The first-order valence-electron chi connectivity index (χ1n) is 7.92. The number of fused-ring (bicyclic) bond motifs is 1. The zero-order valence-corrected chi connectivity index (χ0v) is 14.0. The predicted octanol–water partition coefficient (Wildman–Crippen LogP) is 1.87. The van der Waals surface area contributed by atoms with E-state index in [4.69, 9.17) is 14.1 Å². The second kappa shape index (κ2) is 6.78. The Morgan fingerprint density at radius 1 is 1.28 bits per heavy atom. The van der Waals surface area contributed by atoms with Gasteiger partial charge in [-0.2, -0.15) is 0 Å². The van der Waals surface area contributed by atoms with Gasteiger partial charge in [-0.1, -0.05) is 6.07 Å². The third-order valence-corrected chi connectivity index (χ3v) is 3.85. The number of rotatable bonds is 5. The lowest BCUT2D eigenvalue weighted by molar-refractivity contribution is -0.174. The van der Waals surface area contributed by atoms with E-state index in [9.17, 15) is 15.0 Å². The van der Waals surface area contributed by atoms with Gasteiger partial charge in [0.15, 0.2) is 5.79 Å². The molecule has 0 aromatic heterocycles. The van der Waals surface area contributed by atoms with Crippen LogP contribution in [0.5, 0.6) is 17.2 Å². The number of ether oxygens (including phenoxy) is 2. The molecule has 25 heavy (non-hydrogen) atoms. The van der Waals surface area contributed by atoms with Gasteiger partial charge in [-0.15, -0.1) is 0 Å². The number of aryl methyl sites for hydroxylation is 1. The molecule has 0 saturated heterocycles. The molecule has 2 aromatic rings. The van der Waals surface area contributed by atoms with E-state index < -0.39 is 11.8 Å². The summed E-state index contributed by atoms with van der Waals surface area (Å²) >= 11 is 0. The third-order valence-electron chi connectivity index (χ3n) is 3.85. The van der Waals surface area contributed by atoms with Crippen molar-refractivity contribution in [3.05, 3.63) is 47.5 Å². The first kappa shape index (κ1) is 17.3. The number of carbonyl (C=O) groups excluding carboxylic acids is 1. The van der Waals surface area contributed by atoms with Crippen LogP contribution < -0.4 is 10.2 Å². The predicted molar refractivity (Wildman–Crippen MR) is 91.0 cm³/mol. The first-order valence-corrected chi connectivity index (χ1v) is 7.92. The molecule has 6 nitrogen and oxygen atoms in total. The average Bonchev–Trinajstić information content (AvgIpc) is 2.84. The molecule has 2 N–H and O–H groups in total. The molecule has 2 aromatic carbocycles. The van der Waals surface area contributed by atoms with Crippen LogP contribution in [0.2, 0.25) is 0 Å². The van der Waals surface area contributed by atoms with Gasteiger partial charge in [0.1, 0.15) is 23.7 Å². The molecule has 1 aliphatic heterocycles. The monoisotopic (exact) mass is 341 g/mol. The van der Waals surface area contributed by atoms with Crippen molar-refractivity contribution in [3.8, 4) is 17.2 Å². The van der Waals surface area contributed by atoms with Gasteiger partial charge in [0.05, 0.1) is 6.61 Å². The van der Waals surface area contributed by atoms with Crippen molar-refractivity contribution < 1.29 is 29.1 Å². The van der Waals surface area contributed by atoms with Gasteiger partial charge in [0.25, 0.3) is 0 Å². The number of phenolic OH excluding ortho intramolecular Hbond substituents is 1. The number of hydrogen-bond acceptors (Lipinski definition) is 6. The van der Waals surface area contributed by atoms with Crippen LogP contribution in [0, 0.1) is 6.92 Å².